The number of aliphatic hydroxyl groups is 1. The summed E-state index contributed by atoms with van der Waals surface area (Å²) in [5, 5.41) is 10.5. The summed E-state index contributed by atoms with van der Waals surface area (Å²) in [7, 11) is 0. The van der Waals surface area contributed by atoms with Gasteiger partial charge in [-0.15, -0.1) is 0 Å². The Morgan fingerprint density at radius 1 is 1.22 bits per heavy atom. The summed E-state index contributed by atoms with van der Waals surface area (Å²) >= 11 is 0. The molecule has 0 saturated heterocycles. The molecule has 0 aliphatic heterocycles. The molecule has 0 amide bonds. The van der Waals surface area contributed by atoms with E-state index in [1.54, 1.807) is 6.07 Å². The van der Waals surface area contributed by atoms with Crippen molar-refractivity contribution in [3.05, 3.63) is 35.1 Å². The van der Waals surface area contributed by atoms with Crippen LogP contribution in [-0.4, -0.2) is 5.11 Å². The van der Waals surface area contributed by atoms with Gasteiger partial charge in [0, 0.05) is 0 Å². The first-order chi connectivity index (χ1) is 8.49. The van der Waals surface area contributed by atoms with Crippen molar-refractivity contribution in [2.75, 3.05) is 0 Å². The lowest BCUT2D eigenvalue weighted by atomic mass is 9.72. The zero-order chi connectivity index (χ0) is 13.3. The highest BCUT2D eigenvalue weighted by molar-refractivity contribution is 5.29. The van der Waals surface area contributed by atoms with Gasteiger partial charge in [-0.2, -0.15) is 0 Å². The molecule has 4 unspecified atom stereocenters. The molecule has 0 heterocycles. The van der Waals surface area contributed by atoms with E-state index in [2.05, 4.69) is 13.8 Å². The third-order valence-electron chi connectivity index (χ3n) is 4.64. The number of hydrogen-bond donors (Lipinski definition) is 1. The van der Waals surface area contributed by atoms with Gasteiger partial charge in [0.05, 0.1) is 6.10 Å². The van der Waals surface area contributed by atoms with Crippen LogP contribution < -0.4 is 0 Å². The Labute approximate surface area is 109 Å². The molecule has 18 heavy (non-hydrogen) atoms. The molecule has 0 aromatic heterocycles. The highest BCUT2D eigenvalue weighted by Crippen LogP contribution is 2.40. The van der Waals surface area contributed by atoms with Gasteiger partial charge in [0.25, 0.3) is 0 Å². The van der Waals surface area contributed by atoms with Crippen LogP contribution in [0.1, 0.15) is 50.3 Å². The van der Waals surface area contributed by atoms with E-state index in [4.69, 9.17) is 0 Å². The van der Waals surface area contributed by atoms with Gasteiger partial charge in [0.1, 0.15) is 5.82 Å². The molecule has 1 aliphatic rings. The van der Waals surface area contributed by atoms with E-state index in [9.17, 15) is 9.50 Å². The van der Waals surface area contributed by atoms with Gasteiger partial charge in [-0.25, -0.2) is 4.39 Å². The average molecular weight is 250 g/mol. The number of halogens is 1. The first-order valence-electron chi connectivity index (χ1n) is 6.93. The molecular formula is C16H23FO. The summed E-state index contributed by atoms with van der Waals surface area (Å²) in [6.45, 7) is 6.42. The Bertz CT molecular complexity index is 416. The fourth-order valence-electron chi connectivity index (χ4n) is 3.10. The molecule has 1 nitrogen and oxygen atoms in total. The van der Waals surface area contributed by atoms with Gasteiger partial charge >= 0.3 is 0 Å². The van der Waals surface area contributed by atoms with Crippen molar-refractivity contribution < 1.29 is 9.50 Å². The van der Waals surface area contributed by atoms with E-state index < -0.39 is 6.10 Å². The molecule has 100 valence electrons. The Morgan fingerprint density at radius 2 is 1.94 bits per heavy atom. The van der Waals surface area contributed by atoms with Gasteiger partial charge in [-0.3, -0.25) is 0 Å². The fraction of sp³-hybridized carbons (Fsp3) is 0.625. The van der Waals surface area contributed by atoms with Gasteiger partial charge in [0.2, 0.25) is 0 Å². The highest BCUT2D eigenvalue weighted by Gasteiger charge is 2.30. The first-order valence-corrected chi connectivity index (χ1v) is 6.93. The zero-order valence-electron chi connectivity index (χ0n) is 11.5. The van der Waals surface area contributed by atoms with Crippen LogP contribution in [-0.2, 0) is 0 Å². The van der Waals surface area contributed by atoms with Crippen LogP contribution >= 0.6 is 0 Å². The van der Waals surface area contributed by atoms with Crippen molar-refractivity contribution in [2.24, 2.45) is 17.8 Å². The van der Waals surface area contributed by atoms with E-state index in [1.807, 2.05) is 6.92 Å². The lowest BCUT2D eigenvalue weighted by Crippen LogP contribution is -2.25. The molecule has 0 spiro atoms. The molecule has 0 bridgehead atoms. The maximum Gasteiger partial charge on any atom is 0.123 e. The monoisotopic (exact) mass is 250 g/mol. The standard InChI is InChI=1S/C16H23FO/c1-10-4-5-13(8-11(10)2)16(18)15-7-6-14(17)9-12(15)3/h6-7,9-11,13,16,18H,4-5,8H2,1-3H3. The van der Waals surface area contributed by atoms with Crippen molar-refractivity contribution in [2.45, 2.75) is 46.1 Å². The highest BCUT2D eigenvalue weighted by atomic mass is 19.1. The topological polar surface area (TPSA) is 20.2 Å². The third kappa shape index (κ3) is 2.74. The minimum atomic E-state index is -0.444. The predicted octanol–water partition coefficient (Wildman–Crippen LogP) is 4.24. The summed E-state index contributed by atoms with van der Waals surface area (Å²) in [6, 6.07) is 4.69. The molecule has 4 atom stereocenters. The maximum absolute atomic E-state index is 13.1. The van der Waals surface area contributed by atoms with E-state index >= 15 is 0 Å². The minimum Gasteiger partial charge on any atom is -0.388 e. The Hall–Kier alpha value is -0.890. The summed E-state index contributed by atoms with van der Waals surface area (Å²) in [5.74, 6) is 1.51. The Morgan fingerprint density at radius 3 is 2.56 bits per heavy atom. The third-order valence-corrected chi connectivity index (χ3v) is 4.64. The second-order valence-electron chi connectivity index (χ2n) is 5.97. The van der Waals surface area contributed by atoms with Crippen LogP contribution in [0.2, 0.25) is 0 Å². The molecule has 0 radical (unpaired) electrons. The van der Waals surface area contributed by atoms with Crippen LogP contribution in [0.25, 0.3) is 0 Å². The predicted molar refractivity (Wildman–Crippen MR) is 71.8 cm³/mol. The number of aryl methyl sites for hydroxylation is 1. The van der Waals surface area contributed by atoms with Crippen molar-refractivity contribution in [3.8, 4) is 0 Å². The second kappa shape index (κ2) is 5.40. The lowest BCUT2D eigenvalue weighted by molar-refractivity contribution is 0.0556. The molecule has 2 rings (SSSR count). The SMILES string of the molecule is Cc1cc(F)ccc1C(O)C1CCC(C)C(C)C1. The van der Waals surface area contributed by atoms with Gasteiger partial charge < -0.3 is 5.11 Å². The van der Waals surface area contributed by atoms with Crippen LogP contribution in [0.5, 0.6) is 0 Å². The van der Waals surface area contributed by atoms with Gasteiger partial charge in [0.15, 0.2) is 0 Å². The lowest BCUT2D eigenvalue weighted by Gasteiger charge is -2.35. The molecular weight excluding hydrogens is 227 g/mol. The Kier molecular flexibility index (Phi) is 4.06. The summed E-state index contributed by atoms with van der Waals surface area (Å²) in [6.07, 6.45) is 2.88. The Balaban J connectivity index is 2.13. The molecule has 1 aliphatic carbocycles. The van der Waals surface area contributed by atoms with E-state index in [0.717, 1.165) is 29.9 Å². The summed E-state index contributed by atoms with van der Waals surface area (Å²) in [5.41, 5.74) is 1.75. The first kappa shape index (κ1) is 13.5. The van der Waals surface area contributed by atoms with Gasteiger partial charge in [-0.05, 0) is 60.8 Å². The van der Waals surface area contributed by atoms with E-state index in [-0.39, 0.29) is 5.82 Å². The maximum atomic E-state index is 13.1. The molecule has 1 aromatic rings. The zero-order valence-corrected chi connectivity index (χ0v) is 11.5. The number of hydrogen-bond acceptors (Lipinski definition) is 1. The van der Waals surface area contributed by atoms with Crippen molar-refractivity contribution in [1.29, 1.82) is 0 Å². The molecule has 1 fully saturated rings. The van der Waals surface area contributed by atoms with Crippen LogP contribution in [0.4, 0.5) is 4.39 Å². The number of benzene rings is 1. The van der Waals surface area contributed by atoms with Crippen molar-refractivity contribution in [1.82, 2.24) is 0 Å². The van der Waals surface area contributed by atoms with E-state index in [0.29, 0.717) is 11.8 Å². The normalized spacial score (nSPS) is 30.2. The second-order valence-corrected chi connectivity index (χ2v) is 5.97. The largest absolute Gasteiger partial charge is 0.388 e. The van der Waals surface area contributed by atoms with Crippen molar-refractivity contribution >= 4 is 0 Å². The van der Waals surface area contributed by atoms with Crippen LogP contribution in [0, 0.1) is 30.5 Å². The number of rotatable bonds is 2. The minimum absolute atomic E-state index is 0.228. The van der Waals surface area contributed by atoms with Crippen LogP contribution in [0.3, 0.4) is 0 Å². The average Bonchev–Trinajstić information content (AvgIpc) is 2.32. The molecule has 1 aromatic carbocycles. The number of aliphatic hydroxyl groups excluding tert-OH is 1. The quantitative estimate of drug-likeness (QED) is 0.832. The molecule has 2 heteroatoms. The molecule has 1 saturated carbocycles. The van der Waals surface area contributed by atoms with Gasteiger partial charge in [-0.1, -0.05) is 26.3 Å². The summed E-state index contributed by atoms with van der Waals surface area (Å²) in [4.78, 5) is 0. The van der Waals surface area contributed by atoms with E-state index in [1.165, 1.54) is 18.6 Å². The molecule has 1 N–H and O–H groups in total. The van der Waals surface area contributed by atoms with Crippen molar-refractivity contribution in [3.63, 3.8) is 0 Å². The smallest absolute Gasteiger partial charge is 0.123 e. The summed E-state index contributed by atoms with van der Waals surface area (Å²) < 4.78 is 13.1. The fourth-order valence-corrected chi connectivity index (χ4v) is 3.10. The van der Waals surface area contributed by atoms with Crippen LogP contribution in [0.15, 0.2) is 18.2 Å².